The first kappa shape index (κ1) is 12.0. The second-order valence-electron chi connectivity index (χ2n) is 5.74. The molecule has 1 atom stereocenters. The largest absolute Gasteiger partial charge is 0.357 e. The predicted molar refractivity (Wildman–Crippen MR) is 74.8 cm³/mol. The van der Waals surface area contributed by atoms with Crippen LogP contribution in [0.3, 0.4) is 0 Å². The van der Waals surface area contributed by atoms with Crippen molar-refractivity contribution in [1.82, 2.24) is 10.3 Å². The Morgan fingerprint density at radius 1 is 1.22 bits per heavy atom. The monoisotopic (exact) mass is 245 g/mol. The van der Waals surface area contributed by atoms with E-state index in [2.05, 4.69) is 34.3 Å². The van der Waals surface area contributed by atoms with E-state index in [4.69, 9.17) is 0 Å². The number of hydrogen-bond donors (Lipinski definition) is 1. The van der Waals surface area contributed by atoms with E-state index in [0.717, 1.165) is 30.9 Å². The van der Waals surface area contributed by atoms with Crippen LogP contribution < -0.4 is 10.2 Å². The minimum atomic E-state index is 0.709. The van der Waals surface area contributed by atoms with E-state index >= 15 is 0 Å². The molecule has 2 fully saturated rings. The van der Waals surface area contributed by atoms with E-state index in [-0.39, 0.29) is 0 Å². The summed E-state index contributed by atoms with van der Waals surface area (Å²) in [4.78, 5) is 6.83. The van der Waals surface area contributed by atoms with Crippen molar-refractivity contribution >= 4 is 5.82 Å². The van der Waals surface area contributed by atoms with Gasteiger partial charge in [-0.1, -0.05) is 6.07 Å². The normalized spacial score (nSPS) is 23.1. The number of hydrogen-bond acceptors (Lipinski definition) is 3. The number of pyridine rings is 1. The van der Waals surface area contributed by atoms with Crippen LogP contribution >= 0.6 is 0 Å². The van der Waals surface area contributed by atoms with Crippen molar-refractivity contribution < 1.29 is 0 Å². The lowest BCUT2D eigenvalue weighted by Gasteiger charge is -2.34. The van der Waals surface area contributed by atoms with Crippen LogP contribution in [0, 0.1) is 5.92 Å². The maximum Gasteiger partial charge on any atom is 0.128 e. The summed E-state index contributed by atoms with van der Waals surface area (Å²) in [5.41, 5.74) is 0. The van der Waals surface area contributed by atoms with Crippen LogP contribution in [0.4, 0.5) is 5.82 Å². The van der Waals surface area contributed by atoms with E-state index in [0.29, 0.717) is 6.04 Å². The van der Waals surface area contributed by atoms with Gasteiger partial charge in [-0.3, -0.25) is 0 Å². The second kappa shape index (κ2) is 5.27. The first-order valence-corrected chi connectivity index (χ1v) is 7.25. The maximum atomic E-state index is 4.43. The molecule has 2 aliphatic rings. The molecule has 3 rings (SSSR count). The first-order chi connectivity index (χ1) is 8.83. The van der Waals surface area contributed by atoms with Gasteiger partial charge >= 0.3 is 0 Å². The number of nitrogens with zero attached hydrogens (tertiary/aromatic N) is 2. The van der Waals surface area contributed by atoms with Gasteiger partial charge in [0.15, 0.2) is 0 Å². The molecule has 1 aliphatic carbocycles. The van der Waals surface area contributed by atoms with Gasteiger partial charge in [0, 0.05) is 31.4 Å². The molecule has 0 bridgehead atoms. The third kappa shape index (κ3) is 2.83. The molecule has 1 aliphatic heterocycles. The average molecular weight is 245 g/mol. The summed E-state index contributed by atoms with van der Waals surface area (Å²) in [6.45, 7) is 4.61. The lowest BCUT2D eigenvalue weighted by molar-refractivity contribution is 0.358. The van der Waals surface area contributed by atoms with Gasteiger partial charge in [-0.15, -0.1) is 0 Å². The quantitative estimate of drug-likeness (QED) is 0.883. The van der Waals surface area contributed by atoms with E-state index < -0.39 is 0 Å². The van der Waals surface area contributed by atoms with Crippen LogP contribution in [0.25, 0.3) is 0 Å². The lowest BCUT2D eigenvalue weighted by atomic mass is 10.0. The number of anilines is 1. The Morgan fingerprint density at radius 3 is 2.61 bits per heavy atom. The summed E-state index contributed by atoms with van der Waals surface area (Å²) in [5, 5.41) is 3.81. The lowest BCUT2D eigenvalue weighted by Crippen LogP contribution is -2.46. The van der Waals surface area contributed by atoms with E-state index in [1.807, 2.05) is 12.3 Å². The molecular weight excluding hydrogens is 222 g/mol. The van der Waals surface area contributed by atoms with Gasteiger partial charge in [-0.05, 0) is 50.7 Å². The van der Waals surface area contributed by atoms with Crippen molar-refractivity contribution in [3.8, 4) is 0 Å². The topological polar surface area (TPSA) is 28.2 Å². The molecule has 0 spiro atoms. The van der Waals surface area contributed by atoms with Crippen molar-refractivity contribution in [1.29, 1.82) is 0 Å². The Bertz CT molecular complexity index is 367. The van der Waals surface area contributed by atoms with Crippen molar-refractivity contribution in [3.05, 3.63) is 24.4 Å². The number of nitrogens with one attached hydrogen (secondary N) is 1. The van der Waals surface area contributed by atoms with Crippen LogP contribution in [0.5, 0.6) is 0 Å². The Morgan fingerprint density at radius 2 is 2.00 bits per heavy atom. The third-order valence-electron chi connectivity index (χ3n) is 4.30. The van der Waals surface area contributed by atoms with Crippen LogP contribution in [-0.2, 0) is 0 Å². The van der Waals surface area contributed by atoms with Gasteiger partial charge in [0.25, 0.3) is 0 Å². The molecule has 98 valence electrons. The Labute approximate surface area is 110 Å². The van der Waals surface area contributed by atoms with Gasteiger partial charge in [0.2, 0.25) is 0 Å². The first-order valence-electron chi connectivity index (χ1n) is 7.25. The van der Waals surface area contributed by atoms with Crippen LogP contribution in [0.2, 0.25) is 0 Å². The molecule has 18 heavy (non-hydrogen) atoms. The molecule has 1 aromatic heterocycles. The maximum absolute atomic E-state index is 4.43. The van der Waals surface area contributed by atoms with E-state index in [1.165, 1.54) is 25.7 Å². The number of rotatable bonds is 4. The molecule has 0 aromatic carbocycles. The zero-order valence-electron chi connectivity index (χ0n) is 11.2. The highest BCUT2D eigenvalue weighted by molar-refractivity contribution is 5.38. The molecular formula is C15H23N3. The Hall–Kier alpha value is -1.09. The standard InChI is InChI=1S/C15H23N3/c1-12(13-5-6-13)17-14-7-10-18(11-8-14)15-4-2-3-9-16-15/h2-4,9,12-14,17H,5-8,10-11H2,1H3. The zero-order chi connectivity index (χ0) is 12.4. The number of piperidine rings is 1. The summed E-state index contributed by atoms with van der Waals surface area (Å²) in [7, 11) is 0. The van der Waals surface area contributed by atoms with Crippen molar-refractivity contribution in [3.63, 3.8) is 0 Å². The molecule has 3 nitrogen and oxygen atoms in total. The van der Waals surface area contributed by atoms with Gasteiger partial charge in [-0.2, -0.15) is 0 Å². The molecule has 0 radical (unpaired) electrons. The average Bonchev–Trinajstić information content (AvgIpc) is 3.25. The molecule has 1 saturated heterocycles. The van der Waals surface area contributed by atoms with Gasteiger partial charge in [0.05, 0.1) is 0 Å². The van der Waals surface area contributed by atoms with Crippen molar-refractivity contribution in [2.24, 2.45) is 5.92 Å². The fourth-order valence-electron chi connectivity index (χ4n) is 2.92. The van der Waals surface area contributed by atoms with E-state index in [1.54, 1.807) is 0 Å². The van der Waals surface area contributed by atoms with Crippen molar-refractivity contribution in [2.75, 3.05) is 18.0 Å². The van der Waals surface area contributed by atoms with Gasteiger partial charge in [0.1, 0.15) is 5.82 Å². The van der Waals surface area contributed by atoms with Crippen LogP contribution in [0.1, 0.15) is 32.6 Å². The third-order valence-corrected chi connectivity index (χ3v) is 4.30. The Kier molecular flexibility index (Phi) is 3.50. The Balaban J connectivity index is 1.48. The zero-order valence-corrected chi connectivity index (χ0v) is 11.2. The minimum Gasteiger partial charge on any atom is -0.357 e. The summed E-state index contributed by atoms with van der Waals surface area (Å²) in [6.07, 6.45) is 7.23. The highest BCUT2D eigenvalue weighted by atomic mass is 15.2. The predicted octanol–water partition coefficient (Wildman–Crippen LogP) is 2.44. The summed E-state index contributed by atoms with van der Waals surface area (Å²) < 4.78 is 0. The fraction of sp³-hybridized carbons (Fsp3) is 0.667. The summed E-state index contributed by atoms with van der Waals surface area (Å²) in [6, 6.07) is 7.59. The summed E-state index contributed by atoms with van der Waals surface area (Å²) in [5.74, 6) is 2.09. The van der Waals surface area contributed by atoms with Crippen molar-refractivity contribution in [2.45, 2.75) is 44.7 Å². The van der Waals surface area contributed by atoms with Gasteiger partial charge in [-0.25, -0.2) is 4.98 Å². The molecule has 1 N–H and O–H groups in total. The van der Waals surface area contributed by atoms with Crippen LogP contribution in [0.15, 0.2) is 24.4 Å². The number of aromatic nitrogens is 1. The highest BCUT2D eigenvalue weighted by Crippen LogP contribution is 2.33. The smallest absolute Gasteiger partial charge is 0.128 e. The van der Waals surface area contributed by atoms with Crippen LogP contribution in [-0.4, -0.2) is 30.2 Å². The molecule has 2 heterocycles. The molecule has 1 aromatic rings. The SMILES string of the molecule is CC(NC1CCN(c2ccccn2)CC1)C1CC1. The second-order valence-corrected chi connectivity index (χ2v) is 5.74. The molecule has 1 saturated carbocycles. The minimum absolute atomic E-state index is 0.709. The van der Waals surface area contributed by atoms with Gasteiger partial charge < -0.3 is 10.2 Å². The molecule has 1 unspecified atom stereocenters. The molecule has 0 amide bonds. The summed E-state index contributed by atoms with van der Waals surface area (Å²) >= 11 is 0. The molecule has 3 heteroatoms. The fourth-order valence-corrected chi connectivity index (χ4v) is 2.92. The van der Waals surface area contributed by atoms with E-state index in [9.17, 15) is 0 Å². The highest BCUT2D eigenvalue weighted by Gasteiger charge is 2.30.